The van der Waals surface area contributed by atoms with Crippen molar-refractivity contribution in [3.63, 3.8) is 0 Å². The molecule has 2 unspecified atom stereocenters. The average Bonchev–Trinajstić information content (AvgIpc) is 2.27. The molecule has 1 rings (SSSR count). The van der Waals surface area contributed by atoms with Gasteiger partial charge in [0.2, 0.25) is 11.8 Å². The van der Waals surface area contributed by atoms with Crippen LogP contribution in [0.2, 0.25) is 0 Å². The van der Waals surface area contributed by atoms with Crippen molar-refractivity contribution in [2.24, 2.45) is 17.4 Å². The minimum Gasteiger partial charge on any atom is -0.370 e. The number of carbonyl (C=O) groups excluding carboxylic acids is 2. The van der Waals surface area contributed by atoms with E-state index in [1.165, 1.54) is 0 Å². The van der Waals surface area contributed by atoms with Gasteiger partial charge in [0.15, 0.2) is 0 Å². The van der Waals surface area contributed by atoms with Crippen LogP contribution in [0.15, 0.2) is 0 Å². The fourth-order valence-corrected chi connectivity index (χ4v) is 2.60. The van der Waals surface area contributed by atoms with E-state index >= 15 is 0 Å². The first-order chi connectivity index (χ1) is 8.44. The first-order valence-electron chi connectivity index (χ1n) is 6.79. The molecule has 0 aromatic carbocycles. The molecule has 18 heavy (non-hydrogen) atoms. The van der Waals surface area contributed by atoms with E-state index in [2.05, 4.69) is 12.2 Å². The third-order valence-electron chi connectivity index (χ3n) is 3.62. The second-order valence-electron chi connectivity index (χ2n) is 5.54. The Morgan fingerprint density at radius 3 is 2.72 bits per heavy atom. The topological polar surface area (TPSA) is 98.2 Å². The highest BCUT2D eigenvalue weighted by molar-refractivity contribution is 5.86. The van der Waals surface area contributed by atoms with Crippen LogP contribution in [0.5, 0.6) is 0 Å². The molecule has 104 valence electrons. The maximum Gasteiger partial charge on any atom is 0.240 e. The molecule has 1 aliphatic rings. The lowest BCUT2D eigenvalue weighted by atomic mass is 9.76. The zero-order chi connectivity index (χ0) is 13.6. The Hall–Kier alpha value is -1.10. The van der Waals surface area contributed by atoms with Crippen LogP contribution in [-0.4, -0.2) is 23.9 Å². The molecule has 0 aromatic heterocycles. The van der Waals surface area contributed by atoms with Crippen LogP contribution in [0.4, 0.5) is 0 Å². The molecule has 5 nitrogen and oxygen atoms in total. The Kier molecular flexibility index (Phi) is 5.59. The van der Waals surface area contributed by atoms with E-state index in [0.29, 0.717) is 25.3 Å². The van der Waals surface area contributed by atoms with Crippen molar-refractivity contribution in [3.05, 3.63) is 0 Å². The molecule has 2 amide bonds. The van der Waals surface area contributed by atoms with Crippen molar-refractivity contribution in [2.45, 2.75) is 57.4 Å². The van der Waals surface area contributed by atoms with E-state index in [-0.39, 0.29) is 11.8 Å². The standard InChI is InChI=1S/C13H25N3O2/c1-10-5-4-7-13(15,9-10)12(18)16-8-3-2-6-11(14)17/h10H,2-9,15H2,1H3,(H2,14,17)(H,16,18). The summed E-state index contributed by atoms with van der Waals surface area (Å²) in [5.74, 6) is 0.176. The number of nitrogens with one attached hydrogen (secondary N) is 1. The number of carbonyl (C=O) groups is 2. The predicted molar refractivity (Wildman–Crippen MR) is 70.6 cm³/mol. The van der Waals surface area contributed by atoms with Gasteiger partial charge < -0.3 is 16.8 Å². The van der Waals surface area contributed by atoms with Gasteiger partial charge in [0.1, 0.15) is 0 Å². The van der Waals surface area contributed by atoms with Gasteiger partial charge in [0.25, 0.3) is 0 Å². The number of amides is 2. The molecule has 1 aliphatic carbocycles. The number of hydrogen-bond acceptors (Lipinski definition) is 3. The second-order valence-corrected chi connectivity index (χ2v) is 5.54. The SMILES string of the molecule is CC1CCCC(N)(C(=O)NCCCCC(N)=O)C1. The van der Waals surface area contributed by atoms with Gasteiger partial charge in [-0.25, -0.2) is 0 Å². The molecule has 1 saturated carbocycles. The summed E-state index contributed by atoms with van der Waals surface area (Å²) in [5.41, 5.74) is 10.5. The van der Waals surface area contributed by atoms with E-state index < -0.39 is 5.54 Å². The van der Waals surface area contributed by atoms with E-state index in [1.54, 1.807) is 0 Å². The summed E-state index contributed by atoms with van der Waals surface area (Å²) in [6, 6.07) is 0. The number of nitrogens with two attached hydrogens (primary N) is 2. The van der Waals surface area contributed by atoms with Crippen molar-refractivity contribution >= 4 is 11.8 Å². The molecule has 0 radical (unpaired) electrons. The molecule has 0 saturated heterocycles. The Morgan fingerprint density at radius 1 is 1.39 bits per heavy atom. The Labute approximate surface area is 109 Å². The highest BCUT2D eigenvalue weighted by Gasteiger charge is 2.37. The molecule has 0 bridgehead atoms. The molecular weight excluding hydrogens is 230 g/mol. The Morgan fingerprint density at radius 2 is 2.11 bits per heavy atom. The quantitative estimate of drug-likeness (QED) is 0.608. The monoisotopic (exact) mass is 255 g/mol. The van der Waals surface area contributed by atoms with E-state index in [4.69, 9.17) is 11.5 Å². The molecular formula is C13H25N3O2. The zero-order valence-corrected chi connectivity index (χ0v) is 11.2. The van der Waals surface area contributed by atoms with Crippen molar-refractivity contribution in [3.8, 4) is 0 Å². The molecule has 5 heteroatoms. The van der Waals surface area contributed by atoms with Gasteiger partial charge in [-0.15, -0.1) is 0 Å². The zero-order valence-electron chi connectivity index (χ0n) is 11.2. The van der Waals surface area contributed by atoms with Gasteiger partial charge in [-0.2, -0.15) is 0 Å². The second kappa shape index (κ2) is 6.73. The Balaban J connectivity index is 2.25. The highest BCUT2D eigenvalue weighted by Crippen LogP contribution is 2.30. The van der Waals surface area contributed by atoms with Crippen molar-refractivity contribution in [2.75, 3.05) is 6.54 Å². The molecule has 2 atom stereocenters. The molecule has 0 aromatic rings. The Bertz CT molecular complexity index is 307. The van der Waals surface area contributed by atoms with Crippen molar-refractivity contribution < 1.29 is 9.59 Å². The van der Waals surface area contributed by atoms with Gasteiger partial charge in [0, 0.05) is 13.0 Å². The lowest BCUT2D eigenvalue weighted by Crippen LogP contribution is -2.56. The lowest BCUT2D eigenvalue weighted by Gasteiger charge is -2.35. The third-order valence-corrected chi connectivity index (χ3v) is 3.62. The largest absolute Gasteiger partial charge is 0.370 e. The fraction of sp³-hybridized carbons (Fsp3) is 0.846. The first kappa shape index (κ1) is 15.0. The van der Waals surface area contributed by atoms with Crippen LogP contribution in [0.25, 0.3) is 0 Å². The third kappa shape index (κ3) is 4.64. The van der Waals surface area contributed by atoms with Crippen molar-refractivity contribution in [1.29, 1.82) is 0 Å². The normalized spacial score (nSPS) is 27.8. The van der Waals surface area contributed by atoms with Crippen molar-refractivity contribution in [1.82, 2.24) is 5.32 Å². The number of rotatable bonds is 6. The number of primary amides is 1. The summed E-state index contributed by atoms with van der Waals surface area (Å²) in [7, 11) is 0. The lowest BCUT2D eigenvalue weighted by molar-refractivity contribution is -0.128. The summed E-state index contributed by atoms with van der Waals surface area (Å²) < 4.78 is 0. The summed E-state index contributed by atoms with van der Waals surface area (Å²) in [4.78, 5) is 22.6. The van der Waals surface area contributed by atoms with Crippen LogP contribution in [0.3, 0.4) is 0 Å². The van der Waals surface area contributed by atoms with Gasteiger partial charge in [-0.05, 0) is 31.6 Å². The average molecular weight is 255 g/mol. The van der Waals surface area contributed by atoms with E-state index in [0.717, 1.165) is 32.1 Å². The van der Waals surface area contributed by atoms with Crippen LogP contribution in [0.1, 0.15) is 51.9 Å². The molecule has 0 heterocycles. The summed E-state index contributed by atoms with van der Waals surface area (Å²) in [6.07, 6.45) is 5.56. The number of unbranched alkanes of at least 4 members (excludes halogenated alkanes) is 1. The first-order valence-corrected chi connectivity index (χ1v) is 6.79. The summed E-state index contributed by atoms with van der Waals surface area (Å²) in [5, 5.41) is 2.87. The van der Waals surface area contributed by atoms with Gasteiger partial charge in [-0.3, -0.25) is 9.59 Å². The highest BCUT2D eigenvalue weighted by atomic mass is 16.2. The van der Waals surface area contributed by atoms with Crippen LogP contribution >= 0.6 is 0 Å². The van der Waals surface area contributed by atoms with Gasteiger partial charge in [0.05, 0.1) is 5.54 Å². The van der Waals surface area contributed by atoms with Crippen LogP contribution in [0, 0.1) is 5.92 Å². The molecule has 0 aliphatic heterocycles. The van der Waals surface area contributed by atoms with E-state index in [1.807, 2.05) is 0 Å². The smallest absolute Gasteiger partial charge is 0.240 e. The van der Waals surface area contributed by atoms with Gasteiger partial charge >= 0.3 is 0 Å². The van der Waals surface area contributed by atoms with Crippen LogP contribution in [-0.2, 0) is 9.59 Å². The van der Waals surface area contributed by atoms with Crippen LogP contribution < -0.4 is 16.8 Å². The summed E-state index contributed by atoms with van der Waals surface area (Å²) in [6.45, 7) is 2.71. The maximum absolute atomic E-state index is 12.0. The molecule has 0 spiro atoms. The fourth-order valence-electron chi connectivity index (χ4n) is 2.60. The van der Waals surface area contributed by atoms with Gasteiger partial charge in [-0.1, -0.05) is 19.8 Å². The minimum absolute atomic E-state index is 0.0480. The predicted octanol–water partition coefficient (Wildman–Crippen LogP) is 0.666. The molecule has 5 N–H and O–H groups in total. The van der Waals surface area contributed by atoms with E-state index in [9.17, 15) is 9.59 Å². The summed E-state index contributed by atoms with van der Waals surface area (Å²) >= 11 is 0. The minimum atomic E-state index is -0.693. The maximum atomic E-state index is 12.0. The molecule has 1 fully saturated rings. The number of hydrogen-bond donors (Lipinski definition) is 3.